The molecule has 1 amide bonds. The van der Waals surface area contributed by atoms with Crippen LogP contribution in [0.2, 0.25) is 0 Å². The molecule has 122 valence electrons. The summed E-state index contributed by atoms with van der Waals surface area (Å²) in [4.78, 5) is 14.0. The van der Waals surface area contributed by atoms with Gasteiger partial charge >= 0.3 is 0 Å². The van der Waals surface area contributed by atoms with Crippen LogP contribution in [-0.4, -0.2) is 44.4 Å². The zero-order valence-electron chi connectivity index (χ0n) is 13.2. The van der Waals surface area contributed by atoms with Crippen molar-refractivity contribution in [1.29, 1.82) is 0 Å². The van der Waals surface area contributed by atoms with E-state index in [1.807, 2.05) is 35.3 Å². The van der Waals surface area contributed by atoms with E-state index in [0.29, 0.717) is 5.92 Å². The monoisotopic (exact) mass is 315 g/mol. The van der Waals surface area contributed by atoms with Gasteiger partial charge in [0.1, 0.15) is 0 Å². The first-order valence-corrected chi connectivity index (χ1v) is 7.78. The van der Waals surface area contributed by atoms with E-state index in [2.05, 4.69) is 0 Å². The standard InChI is InChI=1S/C18H21NO4/c1-21-12-15-8-9-19(11-15)18(20)5-3-2-4-14-6-7-16-17(10-14)23-13-22-16/h2-7,10,15H,8-9,11-13H2,1H3/b4-2+,5-3+. The van der Waals surface area contributed by atoms with Crippen molar-refractivity contribution in [1.82, 2.24) is 4.90 Å². The molecule has 0 radical (unpaired) electrons. The summed E-state index contributed by atoms with van der Waals surface area (Å²) in [6.45, 7) is 2.58. The van der Waals surface area contributed by atoms with Crippen LogP contribution in [0.1, 0.15) is 12.0 Å². The first-order valence-electron chi connectivity index (χ1n) is 7.78. The molecule has 1 unspecified atom stereocenters. The normalized spacial score (nSPS) is 20.0. The molecule has 2 aliphatic heterocycles. The minimum atomic E-state index is 0.0546. The Labute approximate surface area is 136 Å². The first-order chi connectivity index (χ1) is 11.3. The van der Waals surface area contributed by atoms with E-state index < -0.39 is 0 Å². The Morgan fingerprint density at radius 2 is 2.22 bits per heavy atom. The smallest absolute Gasteiger partial charge is 0.246 e. The predicted octanol–water partition coefficient (Wildman–Crippen LogP) is 2.48. The minimum absolute atomic E-state index is 0.0546. The number of carbonyl (C=O) groups excluding carboxylic acids is 1. The van der Waals surface area contributed by atoms with Crippen molar-refractivity contribution in [3.05, 3.63) is 42.0 Å². The van der Waals surface area contributed by atoms with Crippen LogP contribution in [-0.2, 0) is 9.53 Å². The number of ether oxygens (including phenoxy) is 3. The Morgan fingerprint density at radius 3 is 3.09 bits per heavy atom. The Kier molecular flexibility index (Phi) is 4.98. The number of rotatable bonds is 5. The van der Waals surface area contributed by atoms with Crippen molar-refractivity contribution in [3.63, 3.8) is 0 Å². The van der Waals surface area contributed by atoms with Gasteiger partial charge in [0.2, 0.25) is 12.7 Å². The first kappa shape index (κ1) is 15.6. The van der Waals surface area contributed by atoms with Gasteiger partial charge in [-0.3, -0.25) is 4.79 Å². The number of hydrogen-bond donors (Lipinski definition) is 0. The van der Waals surface area contributed by atoms with Crippen LogP contribution in [0.15, 0.2) is 36.4 Å². The van der Waals surface area contributed by atoms with Crippen LogP contribution < -0.4 is 9.47 Å². The Hall–Kier alpha value is -2.27. The molecular formula is C18H21NO4. The van der Waals surface area contributed by atoms with Crippen molar-refractivity contribution in [2.24, 2.45) is 5.92 Å². The van der Waals surface area contributed by atoms with Crippen molar-refractivity contribution in [3.8, 4) is 11.5 Å². The van der Waals surface area contributed by atoms with Crippen molar-refractivity contribution in [2.45, 2.75) is 6.42 Å². The van der Waals surface area contributed by atoms with E-state index in [4.69, 9.17) is 14.2 Å². The number of methoxy groups -OCH3 is 1. The molecule has 0 saturated carbocycles. The van der Waals surface area contributed by atoms with Gasteiger partial charge in [0.25, 0.3) is 0 Å². The predicted molar refractivity (Wildman–Crippen MR) is 87.3 cm³/mol. The van der Waals surface area contributed by atoms with Gasteiger partial charge in [0.05, 0.1) is 6.61 Å². The van der Waals surface area contributed by atoms with E-state index in [0.717, 1.165) is 43.2 Å². The maximum absolute atomic E-state index is 12.1. The van der Waals surface area contributed by atoms with E-state index in [1.165, 1.54) is 0 Å². The number of carbonyl (C=O) groups is 1. The lowest BCUT2D eigenvalue weighted by Crippen LogP contribution is -2.27. The zero-order chi connectivity index (χ0) is 16.1. The van der Waals surface area contributed by atoms with Crippen LogP contribution >= 0.6 is 0 Å². The van der Waals surface area contributed by atoms with E-state index in [9.17, 15) is 4.79 Å². The molecule has 0 bridgehead atoms. The summed E-state index contributed by atoms with van der Waals surface area (Å²) in [5.74, 6) is 2.04. The molecule has 23 heavy (non-hydrogen) atoms. The fourth-order valence-electron chi connectivity index (χ4n) is 2.83. The highest BCUT2D eigenvalue weighted by Crippen LogP contribution is 2.32. The molecule has 5 heteroatoms. The number of benzene rings is 1. The maximum atomic E-state index is 12.1. The summed E-state index contributed by atoms with van der Waals surface area (Å²) in [5, 5.41) is 0. The average molecular weight is 315 g/mol. The summed E-state index contributed by atoms with van der Waals surface area (Å²) in [7, 11) is 1.70. The molecule has 3 rings (SSSR count). The number of allylic oxidation sites excluding steroid dienone is 2. The minimum Gasteiger partial charge on any atom is -0.454 e. The van der Waals surface area contributed by atoms with Gasteiger partial charge in [0, 0.05) is 32.2 Å². The maximum Gasteiger partial charge on any atom is 0.246 e. The fourth-order valence-corrected chi connectivity index (χ4v) is 2.83. The van der Waals surface area contributed by atoms with E-state index >= 15 is 0 Å². The molecule has 1 fully saturated rings. The van der Waals surface area contributed by atoms with Gasteiger partial charge in [-0.15, -0.1) is 0 Å². The van der Waals surface area contributed by atoms with Crippen LogP contribution in [0, 0.1) is 5.92 Å². The number of hydrogen-bond acceptors (Lipinski definition) is 4. The quantitative estimate of drug-likeness (QED) is 0.619. The molecule has 0 spiro atoms. The summed E-state index contributed by atoms with van der Waals surface area (Å²) in [6.07, 6.45) is 8.19. The van der Waals surface area contributed by atoms with E-state index in [1.54, 1.807) is 19.3 Å². The van der Waals surface area contributed by atoms with Gasteiger partial charge in [-0.25, -0.2) is 0 Å². The van der Waals surface area contributed by atoms with Crippen LogP contribution in [0.4, 0.5) is 0 Å². The topological polar surface area (TPSA) is 48.0 Å². The molecule has 1 aromatic rings. The Morgan fingerprint density at radius 1 is 1.35 bits per heavy atom. The molecular weight excluding hydrogens is 294 g/mol. The summed E-state index contributed by atoms with van der Waals surface area (Å²) < 4.78 is 15.8. The van der Waals surface area contributed by atoms with Crippen molar-refractivity contribution in [2.75, 3.05) is 33.6 Å². The Balaban J connectivity index is 1.51. The zero-order valence-corrected chi connectivity index (χ0v) is 13.2. The van der Waals surface area contributed by atoms with Crippen LogP contribution in [0.25, 0.3) is 6.08 Å². The van der Waals surface area contributed by atoms with Crippen LogP contribution in [0.3, 0.4) is 0 Å². The van der Waals surface area contributed by atoms with Gasteiger partial charge in [-0.2, -0.15) is 0 Å². The average Bonchev–Trinajstić information content (AvgIpc) is 3.20. The highest BCUT2D eigenvalue weighted by molar-refractivity contribution is 5.88. The molecule has 2 heterocycles. The van der Waals surface area contributed by atoms with Gasteiger partial charge in [-0.05, 0) is 24.1 Å². The number of nitrogens with zero attached hydrogens (tertiary/aromatic N) is 1. The molecule has 0 N–H and O–H groups in total. The highest BCUT2D eigenvalue weighted by atomic mass is 16.7. The number of fused-ring (bicyclic) bond motifs is 1. The molecule has 0 aliphatic carbocycles. The second-order valence-electron chi connectivity index (χ2n) is 5.73. The van der Waals surface area contributed by atoms with Crippen molar-refractivity contribution < 1.29 is 19.0 Å². The second kappa shape index (κ2) is 7.33. The SMILES string of the molecule is COCC1CCN(C(=O)/C=C/C=C/c2ccc3c(c2)OCO3)C1. The number of amides is 1. The summed E-state index contributed by atoms with van der Waals surface area (Å²) in [5.41, 5.74) is 1.01. The number of likely N-dealkylation sites (tertiary alicyclic amines) is 1. The molecule has 2 aliphatic rings. The van der Waals surface area contributed by atoms with Crippen LogP contribution in [0.5, 0.6) is 11.5 Å². The molecule has 5 nitrogen and oxygen atoms in total. The third-order valence-corrected chi connectivity index (χ3v) is 4.04. The van der Waals surface area contributed by atoms with Gasteiger partial charge in [0.15, 0.2) is 11.5 Å². The third-order valence-electron chi connectivity index (χ3n) is 4.04. The lowest BCUT2D eigenvalue weighted by Gasteiger charge is -2.13. The molecule has 0 aromatic heterocycles. The van der Waals surface area contributed by atoms with Crippen molar-refractivity contribution >= 4 is 12.0 Å². The lowest BCUT2D eigenvalue weighted by molar-refractivity contribution is -0.125. The van der Waals surface area contributed by atoms with E-state index in [-0.39, 0.29) is 12.7 Å². The Bertz CT molecular complexity index is 623. The van der Waals surface area contributed by atoms with Gasteiger partial charge in [-0.1, -0.05) is 24.3 Å². The fraction of sp³-hybridized carbons (Fsp3) is 0.389. The summed E-state index contributed by atoms with van der Waals surface area (Å²) in [6, 6.07) is 5.76. The lowest BCUT2D eigenvalue weighted by atomic mass is 10.1. The highest BCUT2D eigenvalue weighted by Gasteiger charge is 2.24. The summed E-state index contributed by atoms with van der Waals surface area (Å²) >= 11 is 0. The molecule has 1 atom stereocenters. The molecule has 1 aromatic carbocycles. The van der Waals surface area contributed by atoms with Gasteiger partial charge < -0.3 is 19.1 Å². The second-order valence-corrected chi connectivity index (χ2v) is 5.73. The molecule has 1 saturated heterocycles. The largest absolute Gasteiger partial charge is 0.454 e. The third kappa shape index (κ3) is 3.93.